The van der Waals surface area contributed by atoms with E-state index in [9.17, 15) is 4.79 Å². The van der Waals surface area contributed by atoms with Gasteiger partial charge in [0.05, 0.1) is 6.20 Å². The molecule has 0 aliphatic carbocycles. The second kappa shape index (κ2) is 7.95. The zero-order valence-electron chi connectivity index (χ0n) is 18.0. The molecule has 1 amide bonds. The largest absolute Gasteiger partial charge is 0.334 e. The molecule has 154 valence electrons. The minimum absolute atomic E-state index is 0.000104. The van der Waals surface area contributed by atoms with Crippen molar-refractivity contribution in [2.75, 3.05) is 6.54 Å². The van der Waals surface area contributed by atoms with Crippen LogP contribution in [0.2, 0.25) is 0 Å². The van der Waals surface area contributed by atoms with Crippen molar-refractivity contribution in [1.82, 2.24) is 25.0 Å². The van der Waals surface area contributed by atoms with Gasteiger partial charge in [-0.05, 0) is 47.0 Å². The summed E-state index contributed by atoms with van der Waals surface area (Å²) in [5, 5.41) is 10.7. The lowest BCUT2D eigenvalue weighted by Gasteiger charge is -2.49. The highest BCUT2D eigenvalue weighted by Gasteiger charge is 2.41. The van der Waals surface area contributed by atoms with Gasteiger partial charge in [0, 0.05) is 47.9 Å². The number of rotatable bonds is 6. The summed E-state index contributed by atoms with van der Waals surface area (Å²) in [5.41, 5.74) is 1.50. The lowest BCUT2D eigenvalue weighted by Crippen LogP contribution is -2.62. The van der Waals surface area contributed by atoms with Crippen LogP contribution in [-0.4, -0.2) is 49.2 Å². The van der Waals surface area contributed by atoms with E-state index in [1.807, 2.05) is 18.6 Å². The fraction of sp³-hybridized carbons (Fsp3) is 0.667. The smallest absolute Gasteiger partial charge is 0.273 e. The van der Waals surface area contributed by atoms with E-state index < -0.39 is 0 Å². The molecule has 3 rings (SSSR count). The molecule has 1 aliphatic rings. The summed E-state index contributed by atoms with van der Waals surface area (Å²) in [6, 6.07) is 0.217. The molecule has 0 radical (unpaired) electrons. The van der Waals surface area contributed by atoms with E-state index in [4.69, 9.17) is 0 Å². The summed E-state index contributed by atoms with van der Waals surface area (Å²) in [6.45, 7) is 11.9. The molecule has 2 aromatic rings. The van der Waals surface area contributed by atoms with Gasteiger partial charge in [0.25, 0.3) is 5.91 Å². The first kappa shape index (κ1) is 21.0. The number of unbranched alkanes of at least 4 members (excludes halogenated alkanes) is 1. The highest BCUT2D eigenvalue weighted by atomic mass is 32.1. The lowest BCUT2D eigenvalue weighted by molar-refractivity contribution is 0.0437. The van der Waals surface area contributed by atoms with Crippen LogP contribution in [0.4, 0.5) is 0 Å². The van der Waals surface area contributed by atoms with Gasteiger partial charge in [-0.15, -0.1) is 11.3 Å². The van der Waals surface area contributed by atoms with Crippen LogP contribution in [0.25, 0.3) is 10.6 Å². The van der Waals surface area contributed by atoms with Crippen LogP contribution < -0.4 is 5.32 Å². The van der Waals surface area contributed by atoms with Crippen LogP contribution in [0.1, 0.15) is 70.8 Å². The van der Waals surface area contributed by atoms with Gasteiger partial charge in [0.1, 0.15) is 10.7 Å². The van der Waals surface area contributed by atoms with Crippen molar-refractivity contribution in [2.24, 2.45) is 7.05 Å². The Kier molecular flexibility index (Phi) is 5.96. The van der Waals surface area contributed by atoms with E-state index in [0.29, 0.717) is 5.69 Å². The average Bonchev–Trinajstić information content (AvgIpc) is 3.21. The second-order valence-electron chi connectivity index (χ2n) is 9.25. The number of thiazole rings is 1. The normalized spacial score (nSPS) is 18.9. The standard InChI is InChI=1S/C21H33N5OS/c1-7-8-9-26(16-10-20(2,3)24-21(4,5)11-16)19(27)17-14-28-18(23-17)15-12-22-25(6)13-15/h12-14,16,24H,7-11H2,1-6H3. The van der Waals surface area contributed by atoms with Gasteiger partial charge in [-0.25, -0.2) is 4.98 Å². The number of aryl methyl sites for hydroxylation is 1. The van der Waals surface area contributed by atoms with Crippen LogP contribution in [0.3, 0.4) is 0 Å². The number of hydrogen-bond acceptors (Lipinski definition) is 5. The van der Waals surface area contributed by atoms with Gasteiger partial charge in [-0.2, -0.15) is 5.10 Å². The Morgan fingerprint density at radius 2 is 2.00 bits per heavy atom. The first-order valence-corrected chi connectivity index (χ1v) is 11.0. The summed E-state index contributed by atoms with van der Waals surface area (Å²) in [4.78, 5) is 20.2. The Morgan fingerprint density at radius 3 is 2.57 bits per heavy atom. The topological polar surface area (TPSA) is 63.1 Å². The third-order valence-electron chi connectivity index (χ3n) is 5.30. The SMILES string of the molecule is CCCCN(C(=O)c1csc(-c2cnn(C)c2)n1)C1CC(C)(C)NC(C)(C)C1. The van der Waals surface area contributed by atoms with E-state index in [0.717, 1.165) is 42.8 Å². The third kappa shape index (κ3) is 4.81. The molecule has 0 spiro atoms. The molecule has 0 unspecified atom stereocenters. The number of aromatic nitrogens is 3. The number of carbonyl (C=O) groups is 1. The number of nitrogens with one attached hydrogen (secondary N) is 1. The maximum absolute atomic E-state index is 13.5. The fourth-order valence-corrected chi connectivity index (χ4v) is 5.22. The van der Waals surface area contributed by atoms with Gasteiger partial charge in [0.2, 0.25) is 0 Å². The summed E-state index contributed by atoms with van der Waals surface area (Å²) >= 11 is 1.51. The molecule has 3 heterocycles. The zero-order chi connectivity index (χ0) is 20.5. The van der Waals surface area contributed by atoms with Crippen molar-refractivity contribution < 1.29 is 4.79 Å². The molecule has 1 fully saturated rings. The predicted molar refractivity (Wildman–Crippen MR) is 115 cm³/mol. The number of nitrogens with zero attached hydrogens (tertiary/aromatic N) is 4. The number of amides is 1. The molecule has 1 aliphatic heterocycles. The minimum Gasteiger partial charge on any atom is -0.334 e. The maximum Gasteiger partial charge on any atom is 0.273 e. The Morgan fingerprint density at radius 1 is 1.32 bits per heavy atom. The Hall–Kier alpha value is -1.73. The molecule has 0 bridgehead atoms. The van der Waals surface area contributed by atoms with Crippen molar-refractivity contribution in [3.63, 3.8) is 0 Å². The first-order valence-electron chi connectivity index (χ1n) is 10.1. The van der Waals surface area contributed by atoms with Crippen LogP contribution >= 0.6 is 11.3 Å². The lowest BCUT2D eigenvalue weighted by atomic mass is 9.79. The van der Waals surface area contributed by atoms with Crippen molar-refractivity contribution >= 4 is 17.2 Å². The average molecular weight is 404 g/mol. The van der Waals surface area contributed by atoms with E-state index >= 15 is 0 Å². The van der Waals surface area contributed by atoms with Gasteiger partial charge in [0.15, 0.2) is 0 Å². The van der Waals surface area contributed by atoms with Crippen molar-refractivity contribution in [2.45, 2.75) is 77.4 Å². The molecular weight excluding hydrogens is 370 g/mol. The fourth-order valence-electron chi connectivity index (χ4n) is 4.45. The summed E-state index contributed by atoms with van der Waals surface area (Å²) < 4.78 is 1.75. The maximum atomic E-state index is 13.5. The number of piperidine rings is 1. The van der Waals surface area contributed by atoms with Crippen molar-refractivity contribution in [3.05, 3.63) is 23.5 Å². The molecule has 1 N–H and O–H groups in total. The Balaban J connectivity index is 1.85. The van der Waals surface area contributed by atoms with E-state index in [2.05, 4.69) is 54.9 Å². The summed E-state index contributed by atoms with van der Waals surface area (Å²) in [7, 11) is 1.89. The van der Waals surface area contributed by atoms with Crippen LogP contribution in [-0.2, 0) is 7.05 Å². The van der Waals surface area contributed by atoms with Crippen LogP contribution in [0, 0.1) is 0 Å². The molecule has 1 saturated heterocycles. The zero-order valence-corrected chi connectivity index (χ0v) is 18.8. The molecule has 2 aromatic heterocycles. The molecule has 0 atom stereocenters. The van der Waals surface area contributed by atoms with Gasteiger partial charge in [-0.1, -0.05) is 13.3 Å². The first-order chi connectivity index (χ1) is 13.1. The molecule has 6 nitrogen and oxygen atoms in total. The molecule has 0 aromatic carbocycles. The predicted octanol–water partition coefficient (Wildman–Crippen LogP) is 4.10. The highest BCUT2D eigenvalue weighted by Crippen LogP contribution is 2.33. The highest BCUT2D eigenvalue weighted by molar-refractivity contribution is 7.13. The third-order valence-corrected chi connectivity index (χ3v) is 6.19. The number of hydrogen-bond donors (Lipinski definition) is 1. The van der Waals surface area contributed by atoms with E-state index in [1.54, 1.807) is 10.9 Å². The molecule has 0 saturated carbocycles. The Bertz CT molecular complexity index is 806. The van der Waals surface area contributed by atoms with Crippen LogP contribution in [0.15, 0.2) is 17.8 Å². The Labute approximate surface area is 172 Å². The summed E-state index contributed by atoms with van der Waals surface area (Å²) in [6.07, 6.45) is 7.70. The quantitative estimate of drug-likeness (QED) is 0.789. The monoisotopic (exact) mass is 403 g/mol. The molecular formula is C21H33N5OS. The van der Waals surface area contributed by atoms with Crippen molar-refractivity contribution in [1.29, 1.82) is 0 Å². The van der Waals surface area contributed by atoms with Gasteiger partial charge >= 0.3 is 0 Å². The number of carbonyl (C=O) groups excluding carboxylic acids is 1. The van der Waals surface area contributed by atoms with Crippen LogP contribution in [0.5, 0.6) is 0 Å². The summed E-state index contributed by atoms with van der Waals surface area (Å²) in [5.74, 6) is 0.0540. The molecule has 7 heteroatoms. The van der Waals surface area contributed by atoms with E-state index in [1.165, 1.54) is 11.3 Å². The minimum atomic E-state index is 0.000104. The van der Waals surface area contributed by atoms with Gasteiger partial charge < -0.3 is 10.2 Å². The molecule has 28 heavy (non-hydrogen) atoms. The van der Waals surface area contributed by atoms with E-state index in [-0.39, 0.29) is 23.0 Å². The van der Waals surface area contributed by atoms with Gasteiger partial charge in [-0.3, -0.25) is 9.48 Å². The second-order valence-corrected chi connectivity index (χ2v) is 10.1. The van der Waals surface area contributed by atoms with Crippen molar-refractivity contribution in [3.8, 4) is 10.6 Å².